The Labute approximate surface area is 141 Å². The Bertz CT molecular complexity index is 651. The van der Waals surface area contributed by atoms with Crippen LogP contribution in [0.5, 0.6) is 11.5 Å². The highest BCUT2D eigenvalue weighted by Gasteiger charge is 2.22. The van der Waals surface area contributed by atoms with Crippen molar-refractivity contribution in [1.82, 2.24) is 15.6 Å². The van der Waals surface area contributed by atoms with Crippen molar-refractivity contribution in [3.63, 3.8) is 0 Å². The maximum Gasteiger partial charge on any atom is 0.191 e. The molecule has 6 nitrogen and oxygen atoms in total. The summed E-state index contributed by atoms with van der Waals surface area (Å²) in [7, 11) is 1.75. The lowest BCUT2D eigenvalue weighted by Crippen LogP contribution is -2.43. The van der Waals surface area contributed by atoms with Gasteiger partial charge in [0.2, 0.25) is 0 Å². The fourth-order valence-corrected chi connectivity index (χ4v) is 2.57. The second-order valence-corrected chi connectivity index (χ2v) is 5.47. The van der Waals surface area contributed by atoms with Gasteiger partial charge in [-0.05, 0) is 23.8 Å². The number of nitrogens with zero attached hydrogens (tertiary/aromatic N) is 2. The van der Waals surface area contributed by atoms with Gasteiger partial charge in [-0.3, -0.25) is 9.98 Å². The fourth-order valence-electron chi connectivity index (χ4n) is 2.57. The lowest BCUT2D eigenvalue weighted by atomic mass is 10.1. The standard InChI is InChI=1S/C18H22N4O2/c1-19-18(21-9-10-23-15-6-4-8-20-12-15)22-13-16-11-14-5-2-3-7-17(14)24-16/h2-8,12,16H,9-11,13H2,1H3,(H2,19,21,22). The third kappa shape index (κ3) is 4.38. The number of aliphatic imine (C=N–C) groups is 1. The van der Waals surface area contributed by atoms with Gasteiger partial charge in [0.25, 0.3) is 0 Å². The second kappa shape index (κ2) is 8.19. The molecule has 2 aromatic rings. The normalized spacial score (nSPS) is 16.2. The van der Waals surface area contributed by atoms with E-state index in [4.69, 9.17) is 9.47 Å². The van der Waals surface area contributed by atoms with Crippen LogP contribution in [-0.4, -0.2) is 43.8 Å². The number of hydrogen-bond acceptors (Lipinski definition) is 4. The highest BCUT2D eigenvalue weighted by molar-refractivity contribution is 5.79. The molecule has 0 aliphatic carbocycles. The first-order chi connectivity index (χ1) is 11.8. The lowest BCUT2D eigenvalue weighted by Gasteiger charge is -2.15. The topological polar surface area (TPSA) is 67.8 Å². The minimum Gasteiger partial charge on any atom is -0.490 e. The van der Waals surface area contributed by atoms with E-state index in [9.17, 15) is 0 Å². The van der Waals surface area contributed by atoms with Gasteiger partial charge in [0, 0.05) is 19.7 Å². The number of guanidine groups is 1. The van der Waals surface area contributed by atoms with Gasteiger partial charge in [-0.25, -0.2) is 0 Å². The van der Waals surface area contributed by atoms with Crippen molar-refractivity contribution in [2.75, 3.05) is 26.7 Å². The molecule has 1 aliphatic rings. The Kier molecular flexibility index (Phi) is 5.50. The molecule has 1 aliphatic heterocycles. The van der Waals surface area contributed by atoms with Gasteiger partial charge in [-0.1, -0.05) is 18.2 Å². The van der Waals surface area contributed by atoms with E-state index in [2.05, 4.69) is 26.7 Å². The highest BCUT2D eigenvalue weighted by Crippen LogP contribution is 2.27. The van der Waals surface area contributed by atoms with Gasteiger partial charge in [-0.2, -0.15) is 0 Å². The molecule has 126 valence electrons. The maximum atomic E-state index is 5.91. The number of ether oxygens (including phenoxy) is 2. The molecule has 0 saturated heterocycles. The van der Waals surface area contributed by atoms with Crippen LogP contribution in [0.25, 0.3) is 0 Å². The van der Waals surface area contributed by atoms with Crippen LogP contribution in [-0.2, 0) is 6.42 Å². The van der Waals surface area contributed by atoms with Gasteiger partial charge < -0.3 is 20.1 Å². The summed E-state index contributed by atoms with van der Waals surface area (Å²) in [5, 5.41) is 6.51. The van der Waals surface area contributed by atoms with Crippen LogP contribution in [0.1, 0.15) is 5.56 Å². The first-order valence-electron chi connectivity index (χ1n) is 8.07. The molecule has 24 heavy (non-hydrogen) atoms. The number of rotatable bonds is 6. The van der Waals surface area contributed by atoms with Gasteiger partial charge in [0.15, 0.2) is 5.96 Å². The SMILES string of the molecule is CN=C(NCCOc1cccnc1)NCC1Cc2ccccc2O1. The summed E-state index contributed by atoms with van der Waals surface area (Å²) in [5.41, 5.74) is 1.26. The second-order valence-electron chi connectivity index (χ2n) is 5.47. The molecule has 0 spiro atoms. The minimum absolute atomic E-state index is 0.132. The molecule has 0 fully saturated rings. The van der Waals surface area contributed by atoms with Gasteiger partial charge in [0.05, 0.1) is 19.3 Å². The number of para-hydroxylation sites is 1. The molecule has 2 heterocycles. The molecule has 1 unspecified atom stereocenters. The largest absolute Gasteiger partial charge is 0.490 e. The van der Waals surface area contributed by atoms with E-state index in [0.29, 0.717) is 19.7 Å². The van der Waals surface area contributed by atoms with Gasteiger partial charge in [-0.15, -0.1) is 0 Å². The van der Waals surface area contributed by atoms with Crippen LogP contribution < -0.4 is 20.1 Å². The van der Waals surface area contributed by atoms with Crippen molar-refractivity contribution < 1.29 is 9.47 Å². The quantitative estimate of drug-likeness (QED) is 0.480. The Morgan fingerprint density at radius 1 is 1.29 bits per heavy atom. The zero-order valence-electron chi connectivity index (χ0n) is 13.7. The van der Waals surface area contributed by atoms with Crippen molar-refractivity contribution >= 4 is 5.96 Å². The number of nitrogens with one attached hydrogen (secondary N) is 2. The summed E-state index contributed by atoms with van der Waals surface area (Å²) in [4.78, 5) is 8.22. The molecule has 1 aromatic heterocycles. The van der Waals surface area contributed by atoms with Crippen LogP contribution in [0.2, 0.25) is 0 Å². The van der Waals surface area contributed by atoms with Crippen molar-refractivity contribution in [3.8, 4) is 11.5 Å². The number of pyridine rings is 1. The molecule has 0 bridgehead atoms. The molecule has 0 saturated carbocycles. The van der Waals surface area contributed by atoms with E-state index in [1.807, 2.05) is 30.3 Å². The van der Waals surface area contributed by atoms with E-state index in [1.165, 1.54) is 5.56 Å². The molecular weight excluding hydrogens is 304 g/mol. The Morgan fingerprint density at radius 2 is 2.21 bits per heavy atom. The zero-order chi connectivity index (χ0) is 16.6. The van der Waals surface area contributed by atoms with Crippen molar-refractivity contribution in [2.24, 2.45) is 4.99 Å². The molecule has 3 rings (SSSR count). The van der Waals surface area contributed by atoms with Gasteiger partial charge >= 0.3 is 0 Å². The van der Waals surface area contributed by atoms with Crippen LogP contribution in [0.4, 0.5) is 0 Å². The third-order valence-electron chi connectivity index (χ3n) is 3.73. The number of aromatic nitrogens is 1. The molecular formula is C18H22N4O2. The van der Waals surface area contributed by atoms with Crippen molar-refractivity contribution in [1.29, 1.82) is 0 Å². The average Bonchev–Trinajstić information content (AvgIpc) is 3.05. The fraction of sp³-hybridized carbons (Fsp3) is 0.333. The van der Waals surface area contributed by atoms with Crippen LogP contribution in [0, 0.1) is 0 Å². The lowest BCUT2D eigenvalue weighted by molar-refractivity contribution is 0.234. The Hall–Kier alpha value is -2.76. The monoisotopic (exact) mass is 326 g/mol. The molecule has 1 aromatic carbocycles. The Balaban J connectivity index is 1.35. The van der Waals surface area contributed by atoms with E-state index >= 15 is 0 Å². The predicted molar refractivity (Wildman–Crippen MR) is 93.7 cm³/mol. The van der Waals surface area contributed by atoms with Crippen molar-refractivity contribution in [3.05, 3.63) is 54.4 Å². The molecule has 6 heteroatoms. The number of hydrogen-bond donors (Lipinski definition) is 2. The number of benzene rings is 1. The highest BCUT2D eigenvalue weighted by atomic mass is 16.5. The van der Waals surface area contributed by atoms with Crippen LogP contribution >= 0.6 is 0 Å². The molecule has 0 radical (unpaired) electrons. The predicted octanol–water partition coefficient (Wildman–Crippen LogP) is 1.63. The van der Waals surface area contributed by atoms with Crippen molar-refractivity contribution in [2.45, 2.75) is 12.5 Å². The molecule has 0 amide bonds. The molecule has 2 N–H and O–H groups in total. The van der Waals surface area contributed by atoms with Crippen LogP contribution in [0.15, 0.2) is 53.8 Å². The number of fused-ring (bicyclic) bond motifs is 1. The molecule has 1 atom stereocenters. The summed E-state index contributed by atoms with van der Waals surface area (Å²) in [6, 6.07) is 11.9. The van der Waals surface area contributed by atoms with Crippen LogP contribution in [0.3, 0.4) is 0 Å². The zero-order valence-corrected chi connectivity index (χ0v) is 13.7. The van der Waals surface area contributed by atoms with E-state index in [0.717, 1.165) is 23.9 Å². The third-order valence-corrected chi connectivity index (χ3v) is 3.73. The Morgan fingerprint density at radius 3 is 3.00 bits per heavy atom. The summed E-state index contributed by atoms with van der Waals surface area (Å²) in [6.45, 7) is 1.90. The first-order valence-corrected chi connectivity index (χ1v) is 8.07. The summed E-state index contributed by atoms with van der Waals surface area (Å²) >= 11 is 0. The van der Waals surface area contributed by atoms with E-state index < -0.39 is 0 Å². The average molecular weight is 326 g/mol. The maximum absolute atomic E-state index is 5.91. The first kappa shape index (κ1) is 16.1. The summed E-state index contributed by atoms with van der Waals surface area (Å²) < 4.78 is 11.5. The smallest absolute Gasteiger partial charge is 0.191 e. The minimum atomic E-state index is 0.132. The van der Waals surface area contributed by atoms with E-state index in [-0.39, 0.29) is 6.10 Å². The van der Waals surface area contributed by atoms with Gasteiger partial charge in [0.1, 0.15) is 24.2 Å². The summed E-state index contributed by atoms with van der Waals surface area (Å²) in [5.74, 6) is 2.49. The summed E-state index contributed by atoms with van der Waals surface area (Å²) in [6.07, 6.45) is 4.47. The van der Waals surface area contributed by atoms with E-state index in [1.54, 1.807) is 19.4 Å².